The number of carbonyl (C=O) groups excluding carboxylic acids is 1. The largest absolute Gasteiger partial charge is 0.497 e. The molecule has 0 radical (unpaired) electrons. The molecular weight excluding hydrogens is 258 g/mol. The van der Waals surface area contributed by atoms with E-state index in [-0.39, 0.29) is 5.91 Å². The van der Waals surface area contributed by atoms with Crippen LogP contribution in [0.5, 0.6) is 5.75 Å². The van der Waals surface area contributed by atoms with E-state index >= 15 is 0 Å². The third kappa shape index (κ3) is 4.41. The zero-order valence-corrected chi connectivity index (χ0v) is 11.7. The normalized spacial score (nSPS) is 10.2. The number of benzene rings is 1. The van der Waals surface area contributed by atoms with Gasteiger partial charge >= 0.3 is 0 Å². The Kier molecular flexibility index (Phi) is 4.98. The van der Waals surface area contributed by atoms with Gasteiger partial charge in [-0.15, -0.1) is 11.3 Å². The molecule has 2 aromatic rings. The number of thiophene rings is 1. The number of hydrogen-bond donors (Lipinski definition) is 1. The van der Waals surface area contributed by atoms with Crippen LogP contribution in [0.15, 0.2) is 41.8 Å². The highest BCUT2D eigenvalue weighted by Gasteiger charge is 2.04. The maximum Gasteiger partial charge on any atom is 0.224 e. The zero-order chi connectivity index (χ0) is 13.5. The van der Waals surface area contributed by atoms with Crippen molar-refractivity contribution in [1.29, 1.82) is 0 Å². The van der Waals surface area contributed by atoms with E-state index in [0.29, 0.717) is 13.0 Å². The summed E-state index contributed by atoms with van der Waals surface area (Å²) in [6, 6.07) is 11.7. The Morgan fingerprint density at radius 3 is 2.95 bits per heavy atom. The first-order valence-corrected chi connectivity index (χ1v) is 7.08. The van der Waals surface area contributed by atoms with Crippen LogP contribution in [-0.2, 0) is 17.6 Å². The van der Waals surface area contributed by atoms with Crippen molar-refractivity contribution >= 4 is 17.2 Å². The first kappa shape index (κ1) is 13.6. The van der Waals surface area contributed by atoms with Crippen LogP contribution >= 0.6 is 11.3 Å². The summed E-state index contributed by atoms with van der Waals surface area (Å²) >= 11 is 1.72. The zero-order valence-electron chi connectivity index (χ0n) is 10.9. The van der Waals surface area contributed by atoms with E-state index in [0.717, 1.165) is 17.7 Å². The summed E-state index contributed by atoms with van der Waals surface area (Å²) in [7, 11) is 1.63. The first-order valence-electron chi connectivity index (χ1n) is 6.20. The third-order valence-electron chi connectivity index (χ3n) is 2.77. The molecule has 0 saturated carbocycles. The first-order chi connectivity index (χ1) is 9.28. The fourth-order valence-corrected chi connectivity index (χ4v) is 2.52. The van der Waals surface area contributed by atoms with Gasteiger partial charge < -0.3 is 10.1 Å². The predicted octanol–water partition coefficient (Wildman–Crippen LogP) is 2.66. The van der Waals surface area contributed by atoms with E-state index in [4.69, 9.17) is 4.74 Å². The van der Waals surface area contributed by atoms with Gasteiger partial charge in [0.1, 0.15) is 5.75 Å². The summed E-state index contributed by atoms with van der Waals surface area (Å²) in [5.41, 5.74) is 0.966. The molecule has 4 heteroatoms. The molecule has 0 bridgehead atoms. The summed E-state index contributed by atoms with van der Waals surface area (Å²) in [5.74, 6) is 0.827. The molecule has 0 unspecified atom stereocenters. The van der Waals surface area contributed by atoms with Gasteiger partial charge in [-0.25, -0.2) is 0 Å². The van der Waals surface area contributed by atoms with E-state index in [1.807, 2.05) is 35.7 Å². The SMILES string of the molecule is COc1cccc(CC(=O)NCCc2cccs2)c1. The fraction of sp³-hybridized carbons (Fsp3) is 0.267. The van der Waals surface area contributed by atoms with Crippen molar-refractivity contribution in [1.82, 2.24) is 5.32 Å². The lowest BCUT2D eigenvalue weighted by atomic mass is 10.1. The summed E-state index contributed by atoms with van der Waals surface area (Å²) in [6.45, 7) is 0.684. The van der Waals surface area contributed by atoms with Crippen LogP contribution in [0.1, 0.15) is 10.4 Å². The minimum Gasteiger partial charge on any atom is -0.497 e. The lowest BCUT2D eigenvalue weighted by molar-refractivity contribution is -0.120. The van der Waals surface area contributed by atoms with Gasteiger partial charge in [0.15, 0.2) is 0 Å². The van der Waals surface area contributed by atoms with E-state index < -0.39 is 0 Å². The number of nitrogens with one attached hydrogen (secondary N) is 1. The molecule has 0 saturated heterocycles. The average Bonchev–Trinajstić information content (AvgIpc) is 2.92. The Bertz CT molecular complexity index is 523. The van der Waals surface area contributed by atoms with Crippen molar-refractivity contribution in [3.05, 3.63) is 52.2 Å². The Hall–Kier alpha value is -1.81. The number of carbonyl (C=O) groups is 1. The molecule has 1 aromatic carbocycles. The molecular formula is C15H17NO2S. The Labute approximate surface area is 117 Å². The highest BCUT2D eigenvalue weighted by molar-refractivity contribution is 7.09. The molecule has 1 N–H and O–H groups in total. The lowest BCUT2D eigenvalue weighted by Gasteiger charge is -2.06. The highest BCUT2D eigenvalue weighted by atomic mass is 32.1. The van der Waals surface area contributed by atoms with Gasteiger partial charge in [0.2, 0.25) is 5.91 Å². The average molecular weight is 275 g/mol. The standard InChI is InChI=1S/C15H17NO2S/c1-18-13-5-2-4-12(10-13)11-15(17)16-8-7-14-6-3-9-19-14/h2-6,9-10H,7-8,11H2,1H3,(H,16,17). The van der Waals surface area contributed by atoms with Crippen molar-refractivity contribution in [2.45, 2.75) is 12.8 Å². The summed E-state index contributed by atoms with van der Waals surface area (Å²) in [6.07, 6.45) is 1.28. The molecule has 0 atom stereocenters. The van der Waals surface area contributed by atoms with Gasteiger partial charge in [-0.1, -0.05) is 18.2 Å². The van der Waals surface area contributed by atoms with Gasteiger partial charge in [0, 0.05) is 11.4 Å². The van der Waals surface area contributed by atoms with Crippen LogP contribution in [0.25, 0.3) is 0 Å². The van der Waals surface area contributed by atoms with Crippen molar-refractivity contribution in [3.8, 4) is 5.75 Å². The van der Waals surface area contributed by atoms with Gasteiger partial charge in [0.05, 0.1) is 13.5 Å². The summed E-state index contributed by atoms with van der Waals surface area (Å²) in [4.78, 5) is 13.1. The van der Waals surface area contributed by atoms with Crippen LogP contribution in [-0.4, -0.2) is 19.6 Å². The van der Waals surface area contributed by atoms with Crippen molar-refractivity contribution in [2.24, 2.45) is 0 Å². The van der Waals surface area contributed by atoms with Crippen molar-refractivity contribution < 1.29 is 9.53 Å². The molecule has 1 heterocycles. The van der Waals surface area contributed by atoms with E-state index in [1.54, 1.807) is 18.4 Å². The minimum atomic E-state index is 0.0461. The van der Waals surface area contributed by atoms with Crippen molar-refractivity contribution in [2.75, 3.05) is 13.7 Å². The van der Waals surface area contributed by atoms with Crippen LogP contribution in [0.3, 0.4) is 0 Å². The number of hydrogen-bond acceptors (Lipinski definition) is 3. The summed E-state index contributed by atoms with van der Waals surface area (Å²) < 4.78 is 5.14. The molecule has 0 spiro atoms. The quantitative estimate of drug-likeness (QED) is 0.880. The number of amides is 1. The topological polar surface area (TPSA) is 38.3 Å². The second-order valence-corrected chi connectivity index (χ2v) is 5.24. The second-order valence-electron chi connectivity index (χ2n) is 4.21. The fourth-order valence-electron chi connectivity index (χ4n) is 1.81. The van der Waals surface area contributed by atoms with Gasteiger partial charge in [-0.05, 0) is 35.6 Å². The maximum absolute atomic E-state index is 11.8. The number of rotatable bonds is 6. The molecule has 1 amide bonds. The van der Waals surface area contributed by atoms with Gasteiger partial charge in [-0.3, -0.25) is 4.79 Å². The van der Waals surface area contributed by atoms with E-state index in [2.05, 4.69) is 11.4 Å². The molecule has 0 aliphatic rings. The van der Waals surface area contributed by atoms with Crippen LogP contribution < -0.4 is 10.1 Å². The Morgan fingerprint density at radius 1 is 1.32 bits per heavy atom. The van der Waals surface area contributed by atoms with E-state index in [9.17, 15) is 4.79 Å². The third-order valence-corrected chi connectivity index (χ3v) is 3.71. The molecule has 19 heavy (non-hydrogen) atoms. The number of ether oxygens (including phenoxy) is 1. The van der Waals surface area contributed by atoms with Crippen LogP contribution in [0.4, 0.5) is 0 Å². The minimum absolute atomic E-state index is 0.0461. The lowest BCUT2D eigenvalue weighted by Crippen LogP contribution is -2.27. The van der Waals surface area contributed by atoms with Crippen molar-refractivity contribution in [3.63, 3.8) is 0 Å². The maximum atomic E-state index is 11.8. The number of methoxy groups -OCH3 is 1. The van der Waals surface area contributed by atoms with E-state index in [1.165, 1.54) is 4.88 Å². The smallest absolute Gasteiger partial charge is 0.224 e. The second kappa shape index (κ2) is 6.95. The molecule has 2 rings (SSSR count). The molecule has 0 aliphatic heterocycles. The summed E-state index contributed by atoms with van der Waals surface area (Å²) in [5, 5.41) is 4.98. The Balaban J connectivity index is 1.77. The molecule has 100 valence electrons. The molecule has 0 fully saturated rings. The van der Waals surface area contributed by atoms with Gasteiger partial charge in [0.25, 0.3) is 0 Å². The molecule has 3 nitrogen and oxygen atoms in total. The molecule has 0 aliphatic carbocycles. The van der Waals surface area contributed by atoms with Gasteiger partial charge in [-0.2, -0.15) is 0 Å². The van der Waals surface area contributed by atoms with Crippen LogP contribution in [0.2, 0.25) is 0 Å². The monoisotopic (exact) mass is 275 g/mol. The Morgan fingerprint density at radius 2 is 2.21 bits per heavy atom. The van der Waals surface area contributed by atoms with Crippen LogP contribution in [0, 0.1) is 0 Å². The highest BCUT2D eigenvalue weighted by Crippen LogP contribution is 2.13. The molecule has 1 aromatic heterocycles. The predicted molar refractivity (Wildman–Crippen MR) is 77.7 cm³/mol.